The van der Waals surface area contributed by atoms with Crippen LogP contribution in [-0.2, 0) is 0 Å². The van der Waals surface area contributed by atoms with E-state index < -0.39 is 0 Å². The van der Waals surface area contributed by atoms with E-state index in [1.807, 2.05) is 0 Å². The molecule has 2 aliphatic rings. The smallest absolute Gasteiger partial charge is 0.102 e. The van der Waals surface area contributed by atoms with E-state index in [4.69, 9.17) is 0 Å². The Morgan fingerprint density at radius 3 is 2.24 bits per heavy atom. The first-order chi connectivity index (χ1) is 18.3. The van der Waals surface area contributed by atoms with E-state index in [0.29, 0.717) is 0 Å². The highest BCUT2D eigenvalue weighted by atomic mass is 15.1. The summed E-state index contributed by atoms with van der Waals surface area (Å²) in [6.45, 7) is 2.06. The van der Waals surface area contributed by atoms with Gasteiger partial charge in [0.1, 0.15) is 6.07 Å². The maximum absolute atomic E-state index is 10.6. The van der Waals surface area contributed by atoms with Gasteiger partial charge in [-0.3, -0.25) is 0 Å². The second-order valence-electron chi connectivity index (χ2n) is 10.6. The molecule has 8 rings (SSSR count). The SMILES string of the molecule is N#Cc1c(N2CCCCC2)ccc2c1C(c1cc3cccc4ccc5cccc1c5c43)c1ccccc1-2. The number of hydrogen-bond donors (Lipinski definition) is 0. The molecule has 176 valence electrons. The van der Waals surface area contributed by atoms with Crippen LogP contribution in [0.2, 0.25) is 0 Å². The summed E-state index contributed by atoms with van der Waals surface area (Å²) in [5.41, 5.74) is 8.22. The molecular formula is C35H26N2. The molecular weight excluding hydrogens is 448 g/mol. The molecule has 0 N–H and O–H groups in total. The third-order valence-corrected chi connectivity index (χ3v) is 8.73. The zero-order chi connectivity index (χ0) is 24.5. The average Bonchev–Trinajstić information content (AvgIpc) is 3.30. The van der Waals surface area contributed by atoms with Crippen molar-refractivity contribution in [2.45, 2.75) is 25.2 Å². The van der Waals surface area contributed by atoms with Gasteiger partial charge in [-0.25, -0.2) is 0 Å². The lowest BCUT2D eigenvalue weighted by atomic mass is 9.81. The number of fused-ring (bicyclic) bond motifs is 3. The number of nitriles is 1. The predicted octanol–water partition coefficient (Wildman–Crippen LogP) is 8.61. The summed E-state index contributed by atoms with van der Waals surface area (Å²) < 4.78 is 0. The maximum Gasteiger partial charge on any atom is 0.102 e. The van der Waals surface area contributed by atoms with Gasteiger partial charge >= 0.3 is 0 Å². The van der Waals surface area contributed by atoms with Crippen LogP contribution in [0, 0.1) is 11.3 Å². The molecule has 1 fully saturated rings. The fourth-order valence-electron chi connectivity index (χ4n) is 7.16. The van der Waals surface area contributed by atoms with Gasteiger partial charge in [0.05, 0.1) is 11.3 Å². The highest BCUT2D eigenvalue weighted by molar-refractivity contribution is 6.24. The van der Waals surface area contributed by atoms with Crippen molar-refractivity contribution >= 4 is 38.0 Å². The minimum atomic E-state index is 0.0276. The predicted molar refractivity (Wildman–Crippen MR) is 154 cm³/mol. The summed E-state index contributed by atoms with van der Waals surface area (Å²) in [4.78, 5) is 2.44. The van der Waals surface area contributed by atoms with Crippen molar-refractivity contribution in [3.8, 4) is 17.2 Å². The van der Waals surface area contributed by atoms with Crippen LogP contribution >= 0.6 is 0 Å². The average molecular weight is 475 g/mol. The van der Waals surface area contributed by atoms with Gasteiger partial charge in [0.15, 0.2) is 0 Å². The van der Waals surface area contributed by atoms with Crippen molar-refractivity contribution in [3.63, 3.8) is 0 Å². The zero-order valence-corrected chi connectivity index (χ0v) is 20.7. The second-order valence-corrected chi connectivity index (χ2v) is 10.6. The summed E-state index contributed by atoms with van der Waals surface area (Å²) in [6, 6.07) is 36.1. The molecule has 1 unspecified atom stereocenters. The van der Waals surface area contributed by atoms with Crippen LogP contribution in [0.4, 0.5) is 5.69 Å². The number of anilines is 1. The molecule has 2 heteroatoms. The standard InChI is InChI=1S/C35H26N2/c36-21-30-31(37-18-4-1-5-19-37)17-16-28-25-11-2-3-12-26(25)34(35(28)30)29-20-24-10-6-8-22-14-15-23-9-7-13-27(29)33(23)32(22)24/h2-3,6-17,20,34H,1,4-5,18-19H2. The molecule has 1 saturated heterocycles. The molecule has 2 nitrogen and oxygen atoms in total. The Kier molecular flexibility index (Phi) is 4.40. The Labute approximate surface area is 216 Å². The van der Waals surface area contributed by atoms with Gasteiger partial charge in [-0.1, -0.05) is 78.9 Å². The van der Waals surface area contributed by atoms with Crippen LogP contribution in [0.1, 0.15) is 47.4 Å². The van der Waals surface area contributed by atoms with E-state index in [1.165, 1.54) is 79.4 Å². The van der Waals surface area contributed by atoms with Gasteiger partial charge in [0.25, 0.3) is 0 Å². The van der Waals surface area contributed by atoms with Crippen LogP contribution in [0.3, 0.4) is 0 Å². The van der Waals surface area contributed by atoms with Crippen LogP contribution in [0.5, 0.6) is 0 Å². The van der Waals surface area contributed by atoms with Crippen LogP contribution < -0.4 is 4.90 Å². The van der Waals surface area contributed by atoms with E-state index in [9.17, 15) is 5.26 Å². The van der Waals surface area contributed by atoms with Gasteiger partial charge < -0.3 is 4.90 Å². The first-order valence-electron chi connectivity index (χ1n) is 13.4. The zero-order valence-electron chi connectivity index (χ0n) is 20.7. The Morgan fingerprint density at radius 1 is 0.649 bits per heavy atom. The molecule has 0 radical (unpaired) electrons. The lowest BCUT2D eigenvalue weighted by Gasteiger charge is -2.31. The molecule has 37 heavy (non-hydrogen) atoms. The highest BCUT2D eigenvalue weighted by Crippen LogP contribution is 2.53. The van der Waals surface area contributed by atoms with E-state index in [2.05, 4.69) is 102 Å². The van der Waals surface area contributed by atoms with Gasteiger partial charge in [0.2, 0.25) is 0 Å². The monoisotopic (exact) mass is 474 g/mol. The summed E-state index contributed by atoms with van der Waals surface area (Å²) in [6.07, 6.45) is 3.67. The maximum atomic E-state index is 10.6. The molecule has 6 aromatic carbocycles. The summed E-state index contributed by atoms with van der Waals surface area (Å²) in [5, 5.41) is 18.4. The van der Waals surface area contributed by atoms with Gasteiger partial charge in [-0.2, -0.15) is 5.26 Å². The first kappa shape index (κ1) is 20.8. The highest BCUT2D eigenvalue weighted by Gasteiger charge is 2.35. The lowest BCUT2D eigenvalue weighted by Crippen LogP contribution is -2.30. The summed E-state index contributed by atoms with van der Waals surface area (Å²) in [7, 11) is 0. The largest absolute Gasteiger partial charge is 0.370 e. The number of benzene rings is 6. The van der Waals surface area contributed by atoms with Crippen molar-refractivity contribution in [3.05, 3.63) is 113 Å². The number of rotatable bonds is 2. The summed E-state index contributed by atoms with van der Waals surface area (Å²) >= 11 is 0. The lowest BCUT2D eigenvalue weighted by molar-refractivity contribution is 0.577. The number of hydrogen-bond acceptors (Lipinski definition) is 2. The van der Waals surface area contributed by atoms with Crippen LogP contribution in [0.25, 0.3) is 43.4 Å². The molecule has 1 heterocycles. The molecule has 0 spiro atoms. The minimum Gasteiger partial charge on any atom is -0.370 e. The van der Waals surface area contributed by atoms with E-state index >= 15 is 0 Å². The van der Waals surface area contributed by atoms with Gasteiger partial charge in [-0.15, -0.1) is 0 Å². The number of nitrogens with zero attached hydrogens (tertiary/aromatic N) is 2. The molecule has 0 saturated carbocycles. The van der Waals surface area contributed by atoms with Crippen molar-refractivity contribution < 1.29 is 0 Å². The minimum absolute atomic E-state index is 0.0276. The molecule has 1 aliphatic heterocycles. The molecule has 0 amide bonds. The van der Waals surface area contributed by atoms with E-state index in [-0.39, 0.29) is 5.92 Å². The van der Waals surface area contributed by atoms with Crippen molar-refractivity contribution in [1.29, 1.82) is 5.26 Å². The summed E-state index contributed by atoms with van der Waals surface area (Å²) in [5.74, 6) is 0.0276. The Hall–Kier alpha value is -4.35. The van der Waals surface area contributed by atoms with Crippen molar-refractivity contribution in [2.75, 3.05) is 18.0 Å². The van der Waals surface area contributed by atoms with E-state index in [1.54, 1.807) is 0 Å². The van der Waals surface area contributed by atoms with E-state index in [0.717, 1.165) is 24.3 Å². The Balaban J connectivity index is 1.48. The van der Waals surface area contributed by atoms with Crippen LogP contribution in [0.15, 0.2) is 91.0 Å². The second kappa shape index (κ2) is 7.82. The third kappa shape index (κ3) is 2.86. The van der Waals surface area contributed by atoms with Crippen molar-refractivity contribution in [2.24, 2.45) is 0 Å². The topological polar surface area (TPSA) is 27.0 Å². The third-order valence-electron chi connectivity index (χ3n) is 8.73. The number of piperidine rings is 1. The molecule has 0 bridgehead atoms. The molecule has 0 aromatic heterocycles. The van der Waals surface area contributed by atoms with Gasteiger partial charge in [0, 0.05) is 19.0 Å². The normalized spacial score (nSPS) is 16.8. The Morgan fingerprint density at radius 2 is 1.41 bits per heavy atom. The van der Waals surface area contributed by atoms with Gasteiger partial charge in [-0.05, 0) is 91.5 Å². The quantitative estimate of drug-likeness (QED) is 0.235. The Bertz CT molecular complexity index is 1880. The molecule has 1 aliphatic carbocycles. The molecule has 6 aromatic rings. The molecule has 1 atom stereocenters. The fourth-order valence-corrected chi connectivity index (χ4v) is 7.16. The van der Waals surface area contributed by atoms with Crippen molar-refractivity contribution in [1.82, 2.24) is 0 Å². The fraction of sp³-hybridized carbons (Fsp3) is 0.171. The van der Waals surface area contributed by atoms with Crippen LogP contribution in [-0.4, -0.2) is 13.1 Å². The first-order valence-corrected chi connectivity index (χ1v) is 13.4.